The minimum absolute atomic E-state index is 0.0504. The van der Waals surface area contributed by atoms with Crippen molar-refractivity contribution in [3.05, 3.63) is 48.5 Å². The normalized spacial score (nSPS) is 15.8. The number of nitrogens with one attached hydrogen (secondary N) is 1. The molecule has 29 heavy (non-hydrogen) atoms. The Kier molecular flexibility index (Phi) is 7.05. The standard InChI is InChI=1S/C22H30N4O3/c1-17(29-21-11-7-6-10-20(21)28-3)16-24-22(23-2)26-14-12-25(13-15-26)18-8-4-5-9-19(18)27/h4-11,17,27H,12-16H2,1-3H3,(H,23,24). The molecule has 0 radical (unpaired) electrons. The fourth-order valence-electron chi connectivity index (χ4n) is 3.43. The second kappa shape index (κ2) is 9.91. The molecule has 0 saturated carbocycles. The third-order valence-electron chi connectivity index (χ3n) is 4.96. The largest absolute Gasteiger partial charge is 0.506 e. The quantitative estimate of drug-likeness (QED) is 0.576. The molecule has 0 aliphatic carbocycles. The Hall–Kier alpha value is -3.09. The van der Waals surface area contributed by atoms with Crippen LogP contribution in [-0.4, -0.2) is 69.0 Å². The predicted octanol–water partition coefficient (Wildman–Crippen LogP) is 2.57. The molecule has 2 aromatic carbocycles. The molecule has 1 fully saturated rings. The summed E-state index contributed by atoms with van der Waals surface area (Å²) in [5, 5.41) is 13.5. The van der Waals surface area contributed by atoms with E-state index in [0.717, 1.165) is 49.3 Å². The summed E-state index contributed by atoms with van der Waals surface area (Å²) in [6, 6.07) is 15.1. The number of guanidine groups is 1. The Labute approximate surface area is 172 Å². The van der Waals surface area contributed by atoms with Crippen molar-refractivity contribution in [3.63, 3.8) is 0 Å². The number of ether oxygens (including phenoxy) is 2. The number of anilines is 1. The van der Waals surface area contributed by atoms with Crippen LogP contribution in [0.25, 0.3) is 0 Å². The summed E-state index contributed by atoms with van der Waals surface area (Å²) in [5.74, 6) is 2.64. The summed E-state index contributed by atoms with van der Waals surface area (Å²) in [6.45, 7) is 5.95. The highest BCUT2D eigenvalue weighted by Crippen LogP contribution is 2.28. The highest BCUT2D eigenvalue weighted by molar-refractivity contribution is 5.80. The number of hydrogen-bond donors (Lipinski definition) is 2. The molecule has 1 aliphatic heterocycles. The molecule has 0 bridgehead atoms. The molecule has 0 aromatic heterocycles. The molecular formula is C22H30N4O3. The first kappa shape index (κ1) is 20.6. The summed E-state index contributed by atoms with van der Waals surface area (Å²) >= 11 is 0. The van der Waals surface area contributed by atoms with E-state index in [1.54, 1.807) is 20.2 Å². The summed E-state index contributed by atoms with van der Waals surface area (Å²) in [6.07, 6.45) is -0.0504. The average Bonchev–Trinajstić information content (AvgIpc) is 2.75. The van der Waals surface area contributed by atoms with Crippen LogP contribution in [0.2, 0.25) is 0 Å². The van der Waals surface area contributed by atoms with E-state index >= 15 is 0 Å². The number of rotatable bonds is 6. The average molecular weight is 399 g/mol. The highest BCUT2D eigenvalue weighted by atomic mass is 16.5. The molecular weight excluding hydrogens is 368 g/mol. The fourth-order valence-corrected chi connectivity index (χ4v) is 3.43. The second-order valence-corrected chi connectivity index (χ2v) is 6.97. The van der Waals surface area contributed by atoms with Crippen LogP contribution in [0.5, 0.6) is 17.2 Å². The molecule has 7 nitrogen and oxygen atoms in total. The van der Waals surface area contributed by atoms with Gasteiger partial charge in [0.25, 0.3) is 0 Å². The van der Waals surface area contributed by atoms with E-state index in [0.29, 0.717) is 12.3 Å². The zero-order valence-electron chi connectivity index (χ0n) is 17.3. The van der Waals surface area contributed by atoms with Crippen LogP contribution in [0.15, 0.2) is 53.5 Å². The van der Waals surface area contributed by atoms with Gasteiger partial charge in [0.05, 0.1) is 19.3 Å². The van der Waals surface area contributed by atoms with Gasteiger partial charge < -0.3 is 29.7 Å². The van der Waals surface area contributed by atoms with Crippen LogP contribution in [0, 0.1) is 0 Å². The maximum absolute atomic E-state index is 10.1. The lowest BCUT2D eigenvalue weighted by Crippen LogP contribution is -2.53. The number of phenolic OH excluding ortho intramolecular Hbond substituents is 1. The molecule has 3 rings (SSSR count). The Morgan fingerprint density at radius 3 is 2.38 bits per heavy atom. The number of nitrogens with zero attached hydrogens (tertiary/aromatic N) is 3. The van der Waals surface area contributed by atoms with Gasteiger partial charge in [0.15, 0.2) is 17.5 Å². The van der Waals surface area contributed by atoms with Crippen LogP contribution in [0.4, 0.5) is 5.69 Å². The van der Waals surface area contributed by atoms with Gasteiger partial charge in [-0.2, -0.15) is 0 Å². The van der Waals surface area contributed by atoms with E-state index in [4.69, 9.17) is 9.47 Å². The lowest BCUT2D eigenvalue weighted by atomic mass is 10.2. The van der Waals surface area contributed by atoms with Crippen LogP contribution in [0.3, 0.4) is 0 Å². The van der Waals surface area contributed by atoms with Crippen LogP contribution >= 0.6 is 0 Å². The minimum Gasteiger partial charge on any atom is -0.506 e. The maximum atomic E-state index is 10.1. The van der Waals surface area contributed by atoms with Crippen molar-refractivity contribution in [1.29, 1.82) is 0 Å². The molecule has 1 atom stereocenters. The van der Waals surface area contributed by atoms with Gasteiger partial charge in [-0.05, 0) is 31.2 Å². The number of benzene rings is 2. The predicted molar refractivity (Wildman–Crippen MR) is 116 cm³/mol. The number of aliphatic imine (C=N–C) groups is 1. The summed E-state index contributed by atoms with van der Waals surface area (Å²) in [7, 11) is 3.44. The lowest BCUT2D eigenvalue weighted by Gasteiger charge is -2.38. The summed E-state index contributed by atoms with van der Waals surface area (Å²) in [4.78, 5) is 8.85. The summed E-state index contributed by atoms with van der Waals surface area (Å²) in [5.41, 5.74) is 0.883. The van der Waals surface area contributed by atoms with E-state index in [-0.39, 0.29) is 6.10 Å². The molecule has 2 N–H and O–H groups in total. The molecule has 1 heterocycles. The Bertz CT molecular complexity index is 819. The van der Waals surface area contributed by atoms with Crippen molar-refractivity contribution in [2.45, 2.75) is 13.0 Å². The molecule has 1 unspecified atom stereocenters. The number of methoxy groups -OCH3 is 1. The molecule has 156 valence electrons. The Balaban J connectivity index is 1.50. The van der Waals surface area contributed by atoms with E-state index in [2.05, 4.69) is 20.1 Å². The van der Waals surface area contributed by atoms with Crippen molar-refractivity contribution in [3.8, 4) is 17.2 Å². The number of piperazine rings is 1. The van der Waals surface area contributed by atoms with Crippen molar-refractivity contribution >= 4 is 11.6 Å². The smallest absolute Gasteiger partial charge is 0.193 e. The molecule has 0 amide bonds. The van der Waals surface area contributed by atoms with Crippen molar-refractivity contribution in [1.82, 2.24) is 10.2 Å². The Morgan fingerprint density at radius 2 is 1.72 bits per heavy atom. The minimum atomic E-state index is -0.0504. The fraction of sp³-hybridized carbons (Fsp3) is 0.409. The van der Waals surface area contributed by atoms with Gasteiger partial charge in [-0.15, -0.1) is 0 Å². The van der Waals surface area contributed by atoms with Gasteiger partial charge in [-0.3, -0.25) is 4.99 Å². The van der Waals surface area contributed by atoms with E-state index in [1.807, 2.05) is 49.4 Å². The number of aromatic hydroxyl groups is 1. The van der Waals surface area contributed by atoms with Gasteiger partial charge in [-0.25, -0.2) is 0 Å². The van der Waals surface area contributed by atoms with E-state index in [9.17, 15) is 5.11 Å². The molecule has 7 heteroatoms. The maximum Gasteiger partial charge on any atom is 0.193 e. The van der Waals surface area contributed by atoms with E-state index < -0.39 is 0 Å². The number of hydrogen-bond acceptors (Lipinski definition) is 5. The Morgan fingerprint density at radius 1 is 1.07 bits per heavy atom. The molecule has 0 spiro atoms. The first-order chi connectivity index (χ1) is 14.1. The first-order valence-corrected chi connectivity index (χ1v) is 9.90. The third-order valence-corrected chi connectivity index (χ3v) is 4.96. The van der Waals surface area contributed by atoms with Gasteiger partial charge >= 0.3 is 0 Å². The SMILES string of the molecule is CN=C(NCC(C)Oc1ccccc1OC)N1CCN(c2ccccc2O)CC1. The molecule has 1 saturated heterocycles. The van der Waals surface area contributed by atoms with Crippen molar-refractivity contribution in [2.24, 2.45) is 4.99 Å². The van der Waals surface area contributed by atoms with Crippen LogP contribution < -0.4 is 19.7 Å². The first-order valence-electron chi connectivity index (χ1n) is 9.90. The third kappa shape index (κ3) is 5.25. The zero-order chi connectivity index (χ0) is 20.6. The van der Waals surface area contributed by atoms with Crippen molar-refractivity contribution < 1.29 is 14.6 Å². The van der Waals surface area contributed by atoms with Crippen LogP contribution in [0.1, 0.15) is 6.92 Å². The number of phenols is 1. The highest BCUT2D eigenvalue weighted by Gasteiger charge is 2.21. The second-order valence-electron chi connectivity index (χ2n) is 6.97. The van der Waals surface area contributed by atoms with Crippen molar-refractivity contribution in [2.75, 3.05) is 51.8 Å². The monoisotopic (exact) mass is 398 g/mol. The molecule has 2 aromatic rings. The van der Waals surface area contributed by atoms with Gasteiger partial charge in [0.1, 0.15) is 11.9 Å². The zero-order valence-corrected chi connectivity index (χ0v) is 17.3. The van der Waals surface area contributed by atoms with Gasteiger partial charge in [0, 0.05) is 33.2 Å². The van der Waals surface area contributed by atoms with Gasteiger partial charge in [-0.1, -0.05) is 24.3 Å². The molecule has 1 aliphatic rings. The lowest BCUT2D eigenvalue weighted by molar-refractivity contribution is 0.211. The topological polar surface area (TPSA) is 69.6 Å². The van der Waals surface area contributed by atoms with E-state index in [1.165, 1.54) is 0 Å². The van der Waals surface area contributed by atoms with Gasteiger partial charge in [0.2, 0.25) is 0 Å². The van der Waals surface area contributed by atoms with Crippen LogP contribution in [-0.2, 0) is 0 Å². The number of para-hydroxylation sites is 4. The summed E-state index contributed by atoms with van der Waals surface area (Å²) < 4.78 is 11.4.